The number of anilines is 3. The number of carbonyl (C=O) groups excluding carboxylic acids is 2. The van der Waals surface area contributed by atoms with Crippen molar-refractivity contribution in [3.05, 3.63) is 90.2 Å². The maximum Gasteiger partial charge on any atom is 0.413 e. The molecule has 2 N–H and O–H groups in total. The van der Waals surface area contributed by atoms with Gasteiger partial charge in [0.2, 0.25) is 5.91 Å². The van der Waals surface area contributed by atoms with Gasteiger partial charge in [-0.2, -0.15) is 0 Å². The number of nitrogens with zero attached hydrogens (tertiary/aromatic N) is 4. The Bertz CT molecular complexity index is 1550. The van der Waals surface area contributed by atoms with Crippen LogP contribution < -0.4 is 15.4 Å². The molecule has 12 heteroatoms. The van der Waals surface area contributed by atoms with Crippen LogP contribution in [0.5, 0.6) is 5.75 Å². The second-order valence-corrected chi connectivity index (χ2v) is 8.87. The number of rotatable bonds is 8. The number of benzene rings is 2. The Labute approximate surface area is 227 Å². The number of likely N-dealkylation sites (tertiary alicyclic amines) is 1. The summed E-state index contributed by atoms with van der Waals surface area (Å²) in [5, 5.41) is 6.33. The monoisotopic (exact) mass is 548 g/mol. The van der Waals surface area contributed by atoms with E-state index in [0.29, 0.717) is 46.1 Å². The predicted molar refractivity (Wildman–Crippen MR) is 143 cm³/mol. The van der Waals surface area contributed by atoms with Crippen LogP contribution in [0.3, 0.4) is 0 Å². The van der Waals surface area contributed by atoms with E-state index in [-0.39, 0.29) is 18.2 Å². The molecule has 2 amide bonds. The molecule has 5 rings (SSSR count). The van der Waals surface area contributed by atoms with Gasteiger partial charge in [-0.15, -0.1) is 0 Å². The second-order valence-electron chi connectivity index (χ2n) is 8.46. The lowest BCUT2D eigenvalue weighted by Crippen LogP contribution is -2.53. The zero-order valence-electron chi connectivity index (χ0n) is 20.4. The third-order valence-corrected chi connectivity index (χ3v) is 6.22. The number of nitrogens with one attached hydrogen (secondary N) is 2. The summed E-state index contributed by atoms with van der Waals surface area (Å²) in [6, 6.07) is 13.2. The van der Waals surface area contributed by atoms with Crippen molar-refractivity contribution in [3.63, 3.8) is 0 Å². The van der Waals surface area contributed by atoms with Crippen LogP contribution in [0.4, 0.5) is 26.4 Å². The van der Waals surface area contributed by atoms with Crippen molar-refractivity contribution < 1.29 is 23.5 Å². The lowest BCUT2D eigenvalue weighted by Gasteiger charge is -2.38. The predicted octanol–water partition coefficient (Wildman–Crippen LogP) is 5.43. The van der Waals surface area contributed by atoms with Crippen molar-refractivity contribution >= 4 is 51.7 Å². The van der Waals surface area contributed by atoms with Gasteiger partial charge in [-0.25, -0.2) is 19.2 Å². The number of amides is 2. The zero-order chi connectivity index (χ0) is 27.4. The molecule has 1 saturated heterocycles. The third kappa shape index (κ3) is 5.88. The first-order valence-electron chi connectivity index (χ1n) is 11.9. The quantitative estimate of drug-likeness (QED) is 0.280. The molecule has 1 atom stereocenters. The Morgan fingerprint density at radius 2 is 2.05 bits per heavy atom. The van der Waals surface area contributed by atoms with Crippen LogP contribution in [-0.2, 0) is 16.1 Å². The highest BCUT2D eigenvalue weighted by Crippen LogP contribution is 2.32. The van der Waals surface area contributed by atoms with Gasteiger partial charge in [-0.3, -0.25) is 15.1 Å². The number of pyridine rings is 1. The van der Waals surface area contributed by atoms with Gasteiger partial charge >= 0.3 is 6.09 Å². The minimum Gasteiger partial charge on any atom is -0.486 e. The van der Waals surface area contributed by atoms with Crippen LogP contribution >= 0.6 is 11.6 Å². The van der Waals surface area contributed by atoms with Crippen LogP contribution in [0, 0.1) is 5.82 Å². The van der Waals surface area contributed by atoms with Crippen molar-refractivity contribution in [1.29, 1.82) is 0 Å². The van der Waals surface area contributed by atoms with Crippen LogP contribution in [0.1, 0.15) is 12.1 Å². The van der Waals surface area contributed by atoms with Crippen LogP contribution in [0.2, 0.25) is 5.02 Å². The van der Waals surface area contributed by atoms with Crippen molar-refractivity contribution in [2.24, 2.45) is 0 Å². The molecule has 0 saturated carbocycles. The Morgan fingerprint density at radius 1 is 1.18 bits per heavy atom. The summed E-state index contributed by atoms with van der Waals surface area (Å²) in [7, 11) is 0. The average molecular weight is 549 g/mol. The van der Waals surface area contributed by atoms with Crippen LogP contribution in [0.15, 0.2) is 73.7 Å². The molecule has 2 aromatic heterocycles. The molecule has 0 radical (unpaired) electrons. The van der Waals surface area contributed by atoms with Crippen molar-refractivity contribution in [1.82, 2.24) is 19.9 Å². The summed E-state index contributed by atoms with van der Waals surface area (Å²) in [5.41, 5.74) is 1.54. The smallest absolute Gasteiger partial charge is 0.413 e. The number of aromatic nitrogens is 3. The van der Waals surface area contributed by atoms with Gasteiger partial charge in [0.15, 0.2) is 6.23 Å². The summed E-state index contributed by atoms with van der Waals surface area (Å²) < 4.78 is 25.8. The van der Waals surface area contributed by atoms with Crippen molar-refractivity contribution in [2.45, 2.75) is 19.3 Å². The zero-order valence-corrected chi connectivity index (χ0v) is 21.2. The fourth-order valence-electron chi connectivity index (χ4n) is 3.86. The summed E-state index contributed by atoms with van der Waals surface area (Å²) in [4.78, 5) is 38.1. The lowest BCUT2D eigenvalue weighted by atomic mass is 10.2. The molecule has 1 aliphatic heterocycles. The van der Waals surface area contributed by atoms with Crippen LogP contribution in [0.25, 0.3) is 10.9 Å². The standard InChI is InChI=1S/C27H22ClFN6O4/c1-2-24(36)35-10-8-25(35)39-27(37)34-22-12-18-21(13-20(22)29)31-15-32-26(18)33-16-6-7-23(19(28)11-16)38-14-17-5-3-4-9-30-17/h2-7,9,11-13,15,25H,1,8,10,14H2,(H,34,37)(H,31,32,33). The third-order valence-electron chi connectivity index (χ3n) is 5.92. The van der Waals surface area contributed by atoms with Crippen molar-refractivity contribution in [3.8, 4) is 5.75 Å². The minimum absolute atomic E-state index is 0.137. The molecule has 1 fully saturated rings. The van der Waals surface area contributed by atoms with E-state index in [1.165, 1.54) is 23.4 Å². The molecule has 0 bridgehead atoms. The Hall–Kier alpha value is -4.77. The van der Waals surface area contributed by atoms with E-state index in [9.17, 15) is 14.0 Å². The molecule has 1 aliphatic rings. The van der Waals surface area contributed by atoms with E-state index in [1.807, 2.05) is 18.2 Å². The van der Waals surface area contributed by atoms with Gasteiger partial charge in [-0.1, -0.05) is 24.2 Å². The van der Waals surface area contributed by atoms with Crippen molar-refractivity contribution in [2.75, 3.05) is 17.2 Å². The summed E-state index contributed by atoms with van der Waals surface area (Å²) in [5.74, 6) is -0.227. The highest BCUT2D eigenvalue weighted by Gasteiger charge is 2.34. The Morgan fingerprint density at radius 3 is 2.77 bits per heavy atom. The lowest BCUT2D eigenvalue weighted by molar-refractivity contribution is -0.148. The largest absolute Gasteiger partial charge is 0.486 e. The second kappa shape index (κ2) is 11.3. The van der Waals surface area contributed by atoms with E-state index >= 15 is 0 Å². The maximum atomic E-state index is 14.8. The van der Waals surface area contributed by atoms with Gasteiger partial charge < -0.3 is 19.7 Å². The van der Waals surface area contributed by atoms with E-state index in [2.05, 4.69) is 32.2 Å². The van der Waals surface area contributed by atoms with E-state index in [1.54, 1.807) is 24.4 Å². The molecule has 10 nitrogen and oxygen atoms in total. The SMILES string of the molecule is C=CC(=O)N1CCC1OC(=O)Nc1cc2c(Nc3ccc(OCc4ccccn4)c(Cl)c3)ncnc2cc1F. The molecule has 0 aliphatic carbocycles. The highest BCUT2D eigenvalue weighted by atomic mass is 35.5. The molecule has 2 aromatic carbocycles. The van der Waals surface area contributed by atoms with Gasteiger partial charge in [0, 0.05) is 36.3 Å². The summed E-state index contributed by atoms with van der Waals surface area (Å²) >= 11 is 6.42. The normalized spacial score (nSPS) is 14.3. The highest BCUT2D eigenvalue weighted by molar-refractivity contribution is 6.32. The Kier molecular flexibility index (Phi) is 7.50. The number of halogens is 2. The molecule has 3 heterocycles. The molecule has 0 spiro atoms. The van der Waals surface area contributed by atoms with E-state index in [4.69, 9.17) is 21.1 Å². The number of fused-ring (bicyclic) bond motifs is 1. The minimum atomic E-state index is -0.903. The first kappa shape index (κ1) is 25.9. The first-order valence-corrected chi connectivity index (χ1v) is 12.2. The van der Waals surface area contributed by atoms with Gasteiger partial charge in [0.1, 0.15) is 30.3 Å². The number of hydrogen-bond acceptors (Lipinski definition) is 8. The number of carbonyl (C=O) groups is 2. The molecular formula is C27H22ClFN6O4. The summed E-state index contributed by atoms with van der Waals surface area (Å²) in [6.07, 6.45) is 2.95. The molecular weight excluding hydrogens is 527 g/mol. The van der Waals surface area contributed by atoms with Gasteiger partial charge in [-0.05, 0) is 42.5 Å². The average Bonchev–Trinajstić information content (AvgIpc) is 2.92. The number of hydrogen-bond donors (Lipinski definition) is 2. The van der Waals surface area contributed by atoms with E-state index in [0.717, 1.165) is 11.8 Å². The van der Waals surface area contributed by atoms with Gasteiger partial charge in [0.25, 0.3) is 0 Å². The topological polar surface area (TPSA) is 119 Å². The fraction of sp³-hybridized carbons (Fsp3) is 0.148. The molecule has 198 valence electrons. The number of ether oxygens (including phenoxy) is 2. The molecule has 4 aromatic rings. The maximum absolute atomic E-state index is 14.8. The fourth-order valence-corrected chi connectivity index (χ4v) is 4.09. The summed E-state index contributed by atoms with van der Waals surface area (Å²) in [6.45, 7) is 4.13. The molecule has 1 unspecified atom stereocenters. The first-order chi connectivity index (χ1) is 18.9. The van der Waals surface area contributed by atoms with Crippen LogP contribution in [-0.4, -0.2) is 44.6 Å². The molecule has 39 heavy (non-hydrogen) atoms. The van der Waals surface area contributed by atoms with Gasteiger partial charge in [0.05, 0.1) is 21.9 Å². The van der Waals surface area contributed by atoms with E-state index < -0.39 is 18.1 Å². The Balaban J connectivity index is 1.30.